The Morgan fingerprint density at radius 2 is 1.88 bits per heavy atom. The average Bonchev–Trinajstić information content (AvgIpc) is 2.91. The smallest absolute Gasteiger partial charge is 0.228 e. The van der Waals surface area contributed by atoms with E-state index in [-0.39, 0.29) is 11.8 Å². The Hall–Kier alpha value is -1.23. The number of rotatable bonds is 4. The molecule has 7 heteroatoms. The minimum absolute atomic E-state index is 0.0105. The fourth-order valence-electron chi connectivity index (χ4n) is 2.97. The molecule has 1 saturated carbocycles. The second-order valence-corrected chi connectivity index (χ2v) is 7.32. The van der Waals surface area contributed by atoms with Crippen LogP contribution in [-0.2, 0) is 11.3 Å². The topological polar surface area (TPSA) is 46.9 Å². The summed E-state index contributed by atoms with van der Waals surface area (Å²) in [5.41, 5.74) is 0.953. The van der Waals surface area contributed by atoms with Gasteiger partial charge in [0.15, 0.2) is 5.82 Å². The van der Waals surface area contributed by atoms with Gasteiger partial charge in [0.2, 0.25) is 5.91 Å². The van der Waals surface area contributed by atoms with Gasteiger partial charge in [-0.2, -0.15) is 5.10 Å². The van der Waals surface area contributed by atoms with E-state index in [1.165, 1.54) is 6.42 Å². The molecule has 0 spiro atoms. The van der Waals surface area contributed by atoms with Gasteiger partial charge in [-0.25, -0.2) is 0 Å². The van der Waals surface area contributed by atoms with E-state index in [1.807, 2.05) is 6.07 Å². The van der Waals surface area contributed by atoms with E-state index < -0.39 is 0 Å². The van der Waals surface area contributed by atoms with Crippen molar-refractivity contribution in [3.05, 3.63) is 45.0 Å². The molecule has 1 fully saturated rings. The van der Waals surface area contributed by atoms with Crippen LogP contribution < -0.4 is 5.32 Å². The monoisotopic (exact) mass is 385 g/mol. The lowest BCUT2D eigenvalue weighted by molar-refractivity contribution is -0.120. The molecule has 1 aromatic heterocycles. The summed E-state index contributed by atoms with van der Waals surface area (Å²) >= 11 is 18.2. The quantitative estimate of drug-likeness (QED) is 0.763. The van der Waals surface area contributed by atoms with E-state index in [0.717, 1.165) is 31.2 Å². The van der Waals surface area contributed by atoms with Crippen LogP contribution in [0, 0.1) is 5.92 Å². The first-order chi connectivity index (χ1) is 11.5. The Morgan fingerprint density at radius 1 is 1.12 bits per heavy atom. The number of anilines is 1. The SMILES string of the molecule is O=C(Nc1nn(Cc2ccc(Cl)c(Cl)c2)cc1Cl)C1CCCCC1. The molecule has 1 aliphatic carbocycles. The number of halogens is 3. The molecule has 1 N–H and O–H groups in total. The molecule has 1 aromatic carbocycles. The van der Waals surface area contributed by atoms with Gasteiger partial charge in [-0.1, -0.05) is 60.1 Å². The van der Waals surface area contributed by atoms with E-state index in [2.05, 4.69) is 10.4 Å². The van der Waals surface area contributed by atoms with Gasteiger partial charge >= 0.3 is 0 Å². The van der Waals surface area contributed by atoms with E-state index >= 15 is 0 Å². The number of aromatic nitrogens is 2. The number of amides is 1. The Bertz CT molecular complexity index is 739. The summed E-state index contributed by atoms with van der Waals surface area (Å²) in [6.45, 7) is 0.496. The lowest BCUT2D eigenvalue weighted by Gasteiger charge is -2.20. The molecule has 24 heavy (non-hydrogen) atoms. The number of hydrogen-bond donors (Lipinski definition) is 1. The lowest BCUT2D eigenvalue weighted by atomic mass is 9.89. The lowest BCUT2D eigenvalue weighted by Crippen LogP contribution is -2.25. The van der Waals surface area contributed by atoms with Crippen molar-refractivity contribution in [2.24, 2.45) is 5.92 Å². The van der Waals surface area contributed by atoms with Crippen LogP contribution in [0.5, 0.6) is 0 Å². The van der Waals surface area contributed by atoms with Crippen LogP contribution >= 0.6 is 34.8 Å². The molecule has 128 valence electrons. The molecule has 0 aliphatic heterocycles. The summed E-state index contributed by atoms with van der Waals surface area (Å²) in [7, 11) is 0. The Labute approximate surface area is 156 Å². The van der Waals surface area contributed by atoms with Gasteiger partial charge in [0.05, 0.1) is 16.6 Å². The summed E-state index contributed by atoms with van der Waals surface area (Å²) in [4.78, 5) is 12.3. The van der Waals surface area contributed by atoms with Crippen LogP contribution in [0.15, 0.2) is 24.4 Å². The first-order valence-electron chi connectivity index (χ1n) is 8.00. The summed E-state index contributed by atoms with van der Waals surface area (Å²) < 4.78 is 1.68. The summed E-state index contributed by atoms with van der Waals surface area (Å²) in [5, 5.41) is 8.67. The average molecular weight is 387 g/mol. The van der Waals surface area contributed by atoms with Crippen LogP contribution in [-0.4, -0.2) is 15.7 Å². The van der Waals surface area contributed by atoms with E-state index in [4.69, 9.17) is 34.8 Å². The van der Waals surface area contributed by atoms with E-state index in [9.17, 15) is 4.79 Å². The number of benzene rings is 1. The highest BCUT2D eigenvalue weighted by Crippen LogP contribution is 2.27. The van der Waals surface area contributed by atoms with Crippen molar-refractivity contribution in [2.45, 2.75) is 38.6 Å². The molecule has 1 heterocycles. The van der Waals surface area contributed by atoms with Crippen molar-refractivity contribution in [3.8, 4) is 0 Å². The largest absolute Gasteiger partial charge is 0.308 e. The second kappa shape index (κ2) is 7.77. The molecule has 0 unspecified atom stereocenters. The predicted molar refractivity (Wildman–Crippen MR) is 98.0 cm³/mol. The molecule has 1 aliphatic rings. The normalized spacial score (nSPS) is 15.5. The maximum atomic E-state index is 12.3. The van der Waals surface area contributed by atoms with Gasteiger partial charge in [-0.3, -0.25) is 9.48 Å². The van der Waals surface area contributed by atoms with Crippen molar-refractivity contribution in [3.63, 3.8) is 0 Å². The number of hydrogen-bond acceptors (Lipinski definition) is 2. The molecule has 0 atom stereocenters. The van der Waals surface area contributed by atoms with Crippen molar-refractivity contribution >= 4 is 46.5 Å². The van der Waals surface area contributed by atoms with Crippen LogP contribution in [0.2, 0.25) is 15.1 Å². The molecule has 3 rings (SSSR count). The van der Waals surface area contributed by atoms with Gasteiger partial charge in [0, 0.05) is 12.1 Å². The zero-order valence-corrected chi connectivity index (χ0v) is 15.3. The fourth-order valence-corrected chi connectivity index (χ4v) is 3.49. The zero-order valence-electron chi connectivity index (χ0n) is 13.1. The standard InChI is InChI=1S/C17H18Cl3N3O/c18-13-7-6-11(8-14(13)19)9-23-10-15(20)16(22-23)21-17(24)12-4-2-1-3-5-12/h6-8,10,12H,1-5,9H2,(H,21,22,24). The Kier molecular flexibility index (Phi) is 5.69. The van der Waals surface area contributed by atoms with Gasteiger partial charge < -0.3 is 5.32 Å². The maximum Gasteiger partial charge on any atom is 0.228 e. The number of nitrogens with zero attached hydrogens (tertiary/aromatic N) is 2. The highest BCUT2D eigenvalue weighted by Gasteiger charge is 2.22. The first kappa shape index (κ1) is 17.6. The van der Waals surface area contributed by atoms with Crippen molar-refractivity contribution < 1.29 is 4.79 Å². The van der Waals surface area contributed by atoms with Gasteiger partial charge in [-0.15, -0.1) is 0 Å². The van der Waals surface area contributed by atoms with E-state index in [0.29, 0.717) is 27.4 Å². The molecule has 4 nitrogen and oxygen atoms in total. The third-order valence-corrected chi connectivity index (χ3v) is 5.28. The molecule has 0 saturated heterocycles. The molecular weight excluding hydrogens is 369 g/mol. The summed E-state index contributed by atoms with van der Waals surface area (Å²) in [6, 6.07) is 5.42. The molecule has 2 aromatic rings. The third kappa shape index (κ3) is 4.24. The maximum absolute atomic E-state index is 12.3. The Balaban J connectivity index is 1.68. The van der Waals surface area contributed by atoms with Crippen LogP contribution in [0.4, 0.5) is 5.82 Å². The fraction of sp³-hybridized carbons (Fsp3) is 0.412. The molecule has 0 radical (unpaired) electrons. The predicted octanol–water partition coefficient (Wildman–Crippen LogP) is 5.41. The van der Waals surface area contributed by atoms with E-state index in [1.54, 1.807) is 23.0 Å². The number of carbonyl (C=O) groups excluding carboxylic acids is 1. The minimum atomic E-state index is 0.0105. The first-order valence-corrected chi connectivity index (χ1v) is 9.14. The molecule has 1 amide bonds. The summed E-state index contributed by atoms with van der Waals surface area (Å²) in [5.74, 6) is 0.485. The minimum Gasteiger partial charge on any atom is -0.308 e. The zero-order chi connectivity index (χ0) is 17.1. The van der Waals surface area contributed by atoms with Gasteiger partial charge in [-0.05, 0) is 30.5 Å². The van der Waals surface area contributed by atoms with Gasteiger partial charge in [0.25, 0.3) is 0 Å². The highest BCUT2D eigenvalue weighted by atomic mass is 35.5. The number of nitrogens with one attached hydrogen (secondary N) is 1. The summed E-state index contributed by atoms with van der Waals surface area (Å²) in [6.07, 6.45) is 7.00. The number of carbonyl (C=O) groups is 1. The molecule has 0 bridgehead atoms. The molecular formula is C17H18Cl3N3O. The van der Waals surface area contributed by atoms with Crippen molar-refractivity contribution in [1.82, 2.24) is 9.78 Å². The van der Waals surface area contributed by atoms with Crippen molar-refractivity contribution in [1.29, 1.82) is 0 Å². The van der Waals surface area contributed by atoms with Gasteiger partial charge in [0.1, 0.15) is 5.02 Å². The van der Waals surface area contributed by atoms with Crippen molar-refractivity contribution in [2.75, 3.05) is 5.32 Å². The second-order valence-electron chi connectivity index (χ2n) is 6.10. The van der Waals surface area contributed by atoms with Crippen LogP contribution in [0.1, 0.15) is 37.7 Å². The highest BCUT2D eigenvalue weighted by molar-refractivity contribution is 6.42. The van der Waals surface area contributed by atoms with Crippen LogP contribution in [0.25, 0.3) is 0 Å². The van der Waals surface area contributed by atoms with Crippen LogP contribution in [0.3, 0.4) is 0 Å². The Morgan fingerprint density at radius 3 is 2.58 bits per heavy atom. The third-order valence-electron chi connectivity index (χ3n) is 4.26.